The van der Waals surface area contributed by atoms with Gasteiger partial charge in [-0.1, -0.05) is 97.8 Å². The lowest BCUT2D eigenvalue weighted by Crippen LogP contribution is -2.51. The molecule has 0 aromatic carbocycles. The zero-order valence-electron chi connectivity index (χ0n) is 21.7. The van der Waals surface area contributed by atoms with Gasteiger partial charge < -0.3 is 42.0 Å². The zero-order chi connectivity index (χ0) is 25.9. The number of unbranched alkanes of at least 4 members (excludes halogenated alkanes) is 12. The Kier molecular flexibility index (Phi) is 19.4. The van der Waals surface area contributed by atoms with E-state index in [0.717, 1.165) is 77.0 Å². The zero-order valence-corrected chi connectivity index (χ0v) is 22.9. The van der Waals surface area contributed by atoms with Crippen LogP contribution in [0.4, 0.5) is 0 Å². The molecule has 0 aromatic heterocycles. The topological polar surface area (TPSA) is 149 Å². The Labute approximate surface area is 211 Å². The van der Waals surface area contributed by atoms with E-state index >= 15 is 0 Å². The first-order chi connectivity index (χ1) is 16.0. The second-order valence-corrected chi connectivity index (χ2v) is 10.6. The van der Waals surface area contributed by atoms with Crippen molar-refractivity contribution in [3.05, 3.63) is 0 Å². The third-order valence-corrected chi connectivity index (χ3v) is 7.38. The molecule has 0 saturated carbocycles. The summed E-state index contributed by atoms with van der Waals surface area (Å²) < 4.78 is 15.5. The minimum atomic E-state index is -3.80. The summed E-state index contributed by atoms with van der Waals surface area (Å²) in [5, 5.41) is 61.6. The van der Waals surface area contributed by atoms with Crippen LogP contribution in [0.3, 0.4) is 0 Å². The SMILES string of the molecule is CCCCCCCC(O)(O)[O][Al]([O]C(O)(O)CCCCCCC)[O]C(O)(O)CCCCCCC. The highest BCUT2D eigenvalue weighted by atomic mass is 27.3. The maximum atomic E-state index is 10.3. The first kappa shape index (κ1) is 34.2. The van der Waals surface area contributed by atoms with Gasteiger partial charge in [-0.3, -0.25) is 0 Å². The van der Waals surface area contributed by atoms with Crippen molar-refractivity contribution in [1.29, 1.82) is 0 Å². The average Bonchev–Trinajstić information content (AvgIpc) is 2.72. The molecular formula is C24H51AlO9. The number of rotatable bonds is 24. The largest absolute Gasteiger partial charge is 0.916 e. The van der Waals surface area contributed by atoms with E-state index in [0.29, 0.717) is 19.3 Å². The summed E-state index contributed by atoms with van der Waals surface area (Å²) in [7, 11) is 0. The summed E-state index contributed by atoms with van der Waals surface area (Å²) in [5.74, 6) is -7.92. The Balaban J connectivity index is 4.97. The summed E-state index contributed by atoms with van der Waals surface area (Å²) in [6.07, 6.45) is 12.4. The molecule has 0 radical (unpaired) electrons. The van der Waals surface area contributed by atoms with Crippen molar-refractivity contribution in [3.8, 4) is 0 Å². The smallest absolute Gasteiger partial charge is 0.406 e. The molecule has 0 aromatic rings. The van der Waals surface area contributed by atoms with Gasteiger partial charge in [-0.25, -0.2) is 0 Å². The molecule has 0 heterocycles. The van der Waals surface area contributed by atoms with Gasteiger partial charge in [0.2, 0.25) is 0 Å². The van der Waals surface area contributed by atoms with Gasteiger partial charge >= 0.3 is 15.1 Å². The molecule has 0 aliphatic heterocycles. The molecule has 10 heteroatoms. The highest BCUT2D eigenvalue weighted by Gasteiger charge is 2.50. The van der Waals surface area contributed by atoms with Crippen LogP contribution < -0.4 is 0 Å². The van der Waals surface area contributed by atoms with Crippen LogP contribution in [0, 0.1) is 0 Å². The van der Waals surface area contributed by atoms with Gasteiger partial charge in [0, 0.05) is 19.3 Å². The normalized spacial score (nSPS) is 13.0. The molecule has 34 heavy (non-hydrogen) atoms. The summed E-state index contributed by atoms with van der Waals surface area (Å²) in [6, 6.07) is 0. The molecule has 0 amide bonds. The first-order valence-electron chi connectivity index (χ1n) is 13.3. The average molecular weight is 511 g/mol. The summed E-state index contributed by atoms with van der Waals surface area (Å²) in [4.78, 5) is 0. The van der Waals surface area contributed by atoms with Crippen LogP contribution in [0.15, 0.2) is 0 Å². The second kappa shape index (κ2) is 19.3. The predicted octanol–water partition coefficient (Wildman–Crippen LogP) is 4.02. The van der Waals surface area contributed by atoms with Gasteiger partial charge in [-0.2, -0.15) is 0 Å². The lowest BCUT2D eigenvalue weighted by molar-refractivity contribution is -0.371. The molecule has 0 saturated heterocycles. The Bertz CT molecular complexity index is 409. The molecule has 0 atom stereocenters. The lowest BCUT2D eigenvalue weighted by Gasteiger charge is -2.32. The van der Waals surface area contributed by atoms with Gasteiger partial charge in [0.25, 0.3) is 17.9 Å². The van der Waals surface area contributed by atoms with Crippen LogP contribution in [-0.4, -0.2) is 63.7 Å². The fraction of sp³-hybridized carbons (Fsp3) is 1.00. The predicted molar refractivity (Wildman–Crippen MR) is 131 cm³/mol. The van der Waals surface area contributed by atoms with E-state index in [2.05, 4.69) is 20.8 Å². The molecule has 6 N–H and O–H groups in total. The molecule has 0 rings (SSSR count). The molecular weight excluding hydrogens is 459 g/mol. The number of hydrogen-bond acceptors (Lipinski definition) is 9. The van der Waals surface area contributed by atoms with Gasteiger partial charge in [0.15, 0.2) is 0 Å². The first-order valence-corrected chi connectivity index (χ1v) is 14.8. The minimum absolute atomic E-state index is 0.144. The van der Waals surface area contributed by atoms with E-state index < -0.39 is 33.1 Å². The van der Waals surface area contributed by atoms with Crippen molar-refractivity contribution >= 4 is 15.1 Å². The highest BCUT2D eigenvalue weighted by molar-refractivity contribution is 6.36. The quantitative estimate of drug-likeness (QED) is 0.0643. The third-order valence-electron chi connectivity index (χ3n) is 5.67. The van der Waals surface area contributed by atoms with E-state index in [-0.39, 0.29) is 19.3 Å². The maximum Gasteiger partial charge on any atom is 0.916 e. The van der Waals surface area contributed by atoms with Crippen LogP contribution in [-0.2, 0) is 11.4 Å². The minimum Gasteiger partial charge on any atom is -0.406 e. The van der Waals surface area contributed by atoms with Crippen molar-refractivity contribution in [2.75, 3.05) is 0 Å². The van der Waals surface area contributed by atoms with Gasteiger partial charge in [0.05, 0.1) is 0 Å². The fourth-order valence-corrected chi connectivity index (χ4v) is 5.01. The van der Waals surface area contributed by atoms with E-state index in [9.17, 15) is 30.6 Å². The summed E-state index contributed by atoms with van der Waals surface area (Å²) in [5.41, 5.74) is 0. The van der Waals surface area contributed by atoms with E-state index in [4.69, 9.17) is 11.4 Å². The molecule has 0 aliphatic rings. The lowest BCUT2D eigenvalue weighted by atomic mass is 10.1. The third kappa shape index (κ3) is 20.4. The van der Waals surface area contributed by atoms with Crippen LogP contribution in [0.1, 0.15) is 136 Å². The van der Waals surface area contributed by atoms with Crippen molar-refractivity contribution in [2.24, 2.45) is 0 Å². The molecule has 0 spiro atoms. The molecule has 0 aliphatic carbocycles. The van der Waals surface area contributed by atoms with Gasteiger partial charge in [0.1, 0.15) is 0 Å². The second-order valence-electron chi connectivity index (χ2n) is 9.36. The Morgan fingerprint density at radius 1 is 0.412 bits per heavy atom. The highest BCUT2D eigenvalue weighted by Crippen LogP contribution is 2.24. The number of hydrogen-bond donors (Lipinski definition) is 6. The fourth-order valence-electron chi connectivity index (χ4n) is 3.59. The van der Waals surface area contributed by atoms with Crippen LogP contribution in [0.2, 0.25) is 0 Å². The maximum absolute atomic E-state index is 10.3. The Morgan fingerprint density at radius 3 is 0.882 bits per heavy atom. The van der Waals surface area contributed by atoms with E-state index in [1.807, 2.05) is 0 Å². The van der Waals surface area contributed by atoms with Crippen molar-refractivity contribution in [1.82, 2.24) is 0 Å². The summed E-state index contributed by atoms with van der Waals surface area (Å²) >= 11 is -3.80. The summed E-state index contributed by atoms with van der Waals surface area (Å²) in [6.45, 7) is 6.24. The molecule has 0 bridgehead atoms. The van der Waals surface area contributed by atoms with Gasteiger partial charge in [-0.15, -0.1) is 0 Å². The Hall–Kier alpha value is 0.172. The van der Waals surface area contributed by atoms with E-state index in [1.165, 1.54) is 0 Å². The van der Waals surface area contributed by atoms with Gasteiger partial charge in [-0.05, 0) is 19.3 Å². The number of aliphatic hydroxyl groups is 6. The monoisotopic (exact) mass is 510 g/mol. The van der Waals surface area contributed by atoms with Crippen LogP contribution in [0.25, 0.3) is 0 Å². The van der Waals surface area contributed by atoms with Crippen molar-refractivity contribution in [3.63, 3.8) is 0 Å². The van der Waals surface area contributed by atoms with E-state index in [1.54, 1.807) is 0 Å². The van der Waals surface area contributed by atoms with Crippen molar-refractivity contribution < 1.29 is 42.0 Å². The van der Waals surface area contributed by atoms with Crippen molar-refractivity contribution in [2.45, 2.75) is 154 Å². The molecule has 0 fully saturated rings. The molecule has 0 unspecified atom stereocenters. The van der Waals surface area contributed by atoms with Crippen LogP contribution >= 0.6 is 0 Å². The Morgan fingerprint density at radius 2 is 0.647 bits per heavy atom. The molecule has 204 valence electrons. The molecule has 9 nitrogen and oxygen atoms in total. The standard InChI is InChI=1S/3C8H17O3.Al/c3*1-2-3-4-5-6-7-8(9,10)11;/h3*9-10H,2-7H2,1H3;/q3*-1;+3. The van der Waals surface area contributed by atoms with Crippen LogP contribution in [0.5, 0.6) is 0 Å².